The number of benzene rings is 2. The zero-order chi connectivity index (χ0) is 17.2. The predicted octanol–water partition coefficient (Wildman–Crippen LogP) is 1.22. The van der Waals surface area contributed by atoms with Crippen molar-refractivity contribution in [2.24, 2.45) is 0 Å². The number of sulfonamides is 1. The van der Waals surface area contributed by atoms with Crippen LogP contribution >= 0.6 is 0 Å². The molecule has 0 radical (unpaired) electrons. The lowest BCUT2D eigenvalue weighted by Gasteiger charge is -2.31. The first kappa shape index (κ1) is 17.1. The molecule has 0 spiro atoms. The minimum Gasteiger partial charge on any atom is -0.329 e. The van der Waals surface area contributed by atoms with Crippen molar-refractivity contribution in [1.29, 1.82) is 0 Å². The number of nitrogens with one attached hydrogen (secondary N) is 1. The number of piperazine rings is 1. The van der Waals surface area contributed by atoms with E-state index in [1.54, 1.807) is 28.6 Å². The number of halogens is 1. The third-order valence-electron chi connectivity index (χ3n) is 4.46. The highest BCUT2D eigenvalue weighted by molar-refractivity contribution is 7.89. The average molecular weight is 349 g/mol. The van der Waals surface area contributed by atoms with E-state index in [-0.39, 0.29) is 5.82 Å². The molecule has 24 heavy (non-hydrogen) atoms. The first-order valence-electron chi connectivity index (χ1n) is 8.10. The molecular formula is C18H22FN2O2S+. The van der Waals surface area contributed by atoms with Crippen LogP contribution < -0.4 is 4.90 Å². The van der Waals surface area contributed by atoms with Crippen LogP contribution in [0.1, 0.15) is 11.1 Å². The van der Waals surface area contributed by atoms with Gasteiger partial charge in [0.15, 0.2) is 0 Å². The van der Waals surface area contributed by atoms with Crippen molar-refractivity contribution in [2.45, 2.75) is 18.4 Å². The topological polar surface area (TPSA) is 41.8 Å². The molecule has 1 N–H and O–H groups in total. The van der Waals surface area contributed by atoms with Crippen molar-refractivity contribution in [3.63, 3.8) is 0 Å². The molecule has 0 unspecified atom stereocenters. The van der Waals surface area contributed by atoms with Gasteiger partial charge in [-0.25, -0.2) is 12.8 Å². The molecule has 3 rings (SSSR count). The van der Waals surface area contributed by atoms with Crippen molar-refractivity contribution < 1.29 is 17.7 Å². The zero-order valence-corrected chi connectivity index (χ0v) is 14.5. The molecule has 6 heteroatoms. The largest absolute Gasteiger partial charge is 0.329 e. The molecule has 1 fully saturated rings. The molecule has 1 aliphatic heterocycles. The summed E-state index contributed by atoms with van der Waals surface area (Å²) in [6, 6.07) is 13.5. The van der Waals surface area contributed by atoms with Crippen molar-refractivity contribution in [3.8, 4) is 0 Å². The number of quaternary nitrogens is 1. The van der Waals surface area contributed by atoms with Gasteiger partial charge in [0.1, 0.15) is 12.4 Å². The van der Waals surface area contributed by atoms with Gasteiger partial charge in [-0.1, -0.05) is 29.8 Å². The van der Waals surface area contributed by atoms with Crippen molar-refractivity contribution >= 4 is 10.0 Å². The van der Waals surface area contributed by atoms with E-state index >= 15 is 0 Å². The van der Waals surface area contributed by atoms with Crippen LogP contribution in [-0.4, -0.2) is 38.9 Å². The fourth-order valence-corrected chi connectivity index (χ4v) is 4.41. The lowest BCUT2D eigenvalue weighted by Crippen LogP contribution is -3.13. The maximum absolute atomic E-state index is 13.0. The second-order valence-corrected chi connectivity index (χ2v) is 8.21. The monoisotopic (exact) mass is 349 g/mol. The summed E-state index contributed by atoms with van der Waals surface area (Å²) in [5, 5.41) is 0. The summed E-state index contributed by atoms with van der Waals surface area (Å²) in [4.78, 5) is 1.67. The molecule has 0 atom stereocenters. The van der Waals surface area contributed by atoms with E-state index in [0.29, 0.717) is 18.0 Å². The van der Waals surface area contributed by atoms with Gasteiger partial charge < -0.3 is 4.90 Å². The number of rotatable bonds is 4. The van der Waals surface area contributed by atoms with Crippen LogP contribution in [0.4, 0.5) is 4.39 Å². The van der Waals surface area contributed by atoms with Gasteiger partial charge in [-0.2, -0.15) is 4.31 Å². The van der Waals surface area contributed by atoms with E-state index in [4.69, 9.17) is 0 Å². The van der Waals surface area contributed by atoms with E-state index in [1.165, 1.54) is 17.0 Å². The average Bonchev–Trinajstić information content (AvgIpc) is 2.58. The molecule has 0 bridgehead atoms. The van der Waals surface area contributed by atoms with Gasteiger partial charge in [-0.15, -0.1) is 0 Å². The van der Waals surface area contributed by atoms with Crippen LogP contribution in [0.15, 0.2) is 53.4 Å². The Kier molecular flexibility index (Phi) is 4.99. The Bertz CT molecular complexity index is 781. The number of aryl methyl sites for hydroxylation is 1. The first-order valence-corrected chi connectivity index (χ1v) is 9.54. The van der Waals surface area contributed by atoms with E-state index in [1.807, 2.05) is 19.1 Å². The number of hydrogen-bond donors (Lipinski definition) is 1. The molecule has 4 nitrogen and oxygen atoms in total. The van der Waals surface area contributed by atoms with Gasteiger partial charge in [-0.05, 0) is 31.2 Å². The second-order valence-electron chi connectivity index (χ2n) is 6.27. The smallest absolute Gasteiger partial charge is 0.243 e. The summed E-state index contributed by atoms with van der Waals surface area (Å²) < 4.78 is 39.9. The molecule has 2 aromatic carbocycles. The molecule has 0 amide bonds. The Morgan fingerprint density at radius 2 is 1.58 bits per heavy atom. The predicted molar refractivity (Wildman–Crippen MR) is 90.7 cm³/mol. The van der Waals surface area contributed by atoms with Gasteiger partial charge >= 0.3 is 0 Å². The van der Waals surface area contributed by atoms with Gasteiger partial charge in [0.25, 0.3) is 0 Å². The summed E-state index contributed by atoms with van der Waals surface area (Å²) in [7, 11) is -3.41. The number of nitrogens with zero attached hydrogens (tertiary/aromatic N) is 1. The Morgan fingerprint density at radius 1 is 1.00 bits per heavy atom. The quantitative estimate of drug-likeness (QED) is 0.902. The number of hydrogen-bond acceptors (Lipinski definition) is 2. The van der Waals surface area contributed by atoms with E-state index in [2.05, 4.69) is 0 Å². The highest BCUT2D eigenvalue weighted by atomic mass is 32.2. The Hall–Kier alpha value is -1.76. The summed E-state index contributed by atoms with van der Waals surface area (Å²) in [5.74, 6) is -0.234. The van der Waals surface area contributed by atoms with E-state index in [0.717, 1.165) is 30.8 Å². The van der Waals surface area contributed by atoms with E-state index in [9.17, 15) is 12.8 Å². The Morgan fingerprint density at radius 3 is 2.17 bits per heavy atom. The Labute approximate surface area is 142 Å². The minimum atomic E-state index is -3.41. The molecular weight excluding hydrogens is 327 g/mol. The zero-order valence-electron chi connectivity index (χ0n) is 13.7. The van der Waals surface area contributed by atoms with E-state index < -0.39 is 10.0 Å². The van der Waals surface area contributed by atoms with Gasteiger partial charge in [0.05, 0.1) is 31.1 Å². The molecule has 0 aromatic heterocycles. The van der Waals surface area contributed by atoms with Crippen LogP contribution in [0.2, 0.25) is 0 Å². The van der Waals surface area contributed by atoms with Crippen molar-refractivity contribution in [1.82, 2.24) is 4.31 Å². The first-order chi connectivity index (χ1) is 11.4. The normalized spacial score (nSPS) is 17.1. The fourth-order valence-electron chi connectivity index (χ4n) is 2.97. The highest BCUT2D eigenvalue weighted by Gasteiger charge is 2.30. The van der Waals surface area contributed by atoms with Crippen LogP contribution in [0.5, 0.6) is 0 Å². The molecule has 1 aliphatic rings. The van der Waals surface area contributed by atoms with Crippen LogP contribution in [0.3, 0.4) is 0 Å². The lowest BCUT2D eigenvalue weighted by atomic mass is 10.2. The maximum atomic E-state index is 13.0. The van der Waals surface area contributed by atoms with Crippen molar-refractivity contribution in [3.05, 3.63) is 65.5 Å². The van der Waals surface area contributed by atoms with Crippen LogP contribution in [-0.2, 0) is 16.6 Å². The van der Waals surface area contributed by atoms with Gasteiger partial charge in [0, 0.05) is 5.56 Å². The lowest BCUT2D eigenvalue weighted by molar-refractivity contribution is -0.917. The molecule has 0 saturated carbocycles. The van der Waals surface area contributed by atoms with Gasteiger partial charge in [-0.3, -0.25) is 0 Å². The third-order valence-corrected chi connectivity index (χ3v) is 6.37. The molecule has 1 saturated heterocycles. The highest BCUT2D eigenvalue weighted by Crippen LogP contribution is 2.16. The summed E-state index contributed by atoms with van der Waals surface area (Å²) in [5.41, 5.74) is 2.11. The molecule has 2 aromatic rings. The summed E-state index contributed by atoms with van der Waals surface area (Å²) in [6.07, 6.45) is 0. The molecule has 128 valence electrons. The Balaban J connectivity index is 1.62. The van der Waals surface area contributed by atoms with Gasteiger partial charge in [0.2, 0.25) is 10.0 Å². The van der Waals surface area contributed by atoms with Crippen molar-refractivity contribution in [2.75, 3.05) is 26.2 Å². The summed E-state index contributed by atoms with van der Waals surface area (Å²) >= 11 is 0. The molecule has 0 aliphatic carbocycles. The summed E-state index contributed by atoms with van der Waals surface area (Å²) in [6.45, 7) is 5.25. The second kappa shape index (κ2) is 7.01. The maximum Gasteiger partial charge on any atom is 0.243 e. The fraction of sp³-hybridized carbons (Fsp3) is 0.333. The standard InChI is InChI=1S/C18H21FN2O2S/c1-15-2-8-18(9-3-15)24(22,23)21-12-10-20(11-13-21)14-16-4-6-17(19)7-5-16/h2-9H,10-14H2,1H3/p+1. The third kappa shape index (κ3) is 3.83. The van der Waals surface area contributed by atoms with Crippen LogP contribution in [0, 0.1) is 12.7 Å². The minimum absolute atomic E-state index is 0.234. The molecule has 1 heterocycles. The van der Waals surface area contributed by atoms with Crippen LogP contribution in [0.25, 0.3) is 0 Å². The SMILES string of the molecule is Cc1ccc(S(=O)(=O)N2CC[NH+](Cc3ccc(F)cc3)CC2)cc1.